The highest BCUT2D eigenvalue weighted by molar-refractivity contribution is 7.54. The molecule has 0 aliphatic rings. The number of rotatable bonds is 10. The summed E-state index contributed by atoms with van der Waals surface area (Å²) in [6, 6.07) is 14.9. The van der Waals surface area contributed by atoms with Gasteiger partial charge in [-0.1, -0.05) is 18.2 Å². The molecule has 7 heteroatoms. The van der Waals surface area contributed by atoms with Crippen LogP contribution in [0.1, 0.15) is 39.0 Å². The summed E-state index contributed by atoms with van der Waals surface area (Å²) in [6.07, 6.45) is -0.567. The molecule has 0 aliphatic heterocycles. The Kier molecular flexibility index (Phi) is 7.93. The molecule has 0 bridgehead atoms. The van der Waals surface area contributed by atoms with Gasteiger partial charge in [-0.25, -0.2) is 0 Å². The molecule has 0 aliphatic carbocycles. The van der Waals surface area contributed by atoms with Crippen molar-refractivity contribution in [1.82, 2.24) is 0 Å². The third-order valence-corrected chi connectivity index (χ3v) is 6.31. The maximum absolute atomic E-state index is 14.0. The molecule has 1 unspecified atom stereocenters. The monoisotopic (exact) mass is 407 g/mol. The van der Waals surface area contributed by atoms with Crippen LogP contribution < -0.4 is 14.8 Å². The average Bonchev–Trinajstić information content (AvgIpc) is 2.65. The van der Waals surface area contributed by atoms with E-state index in [1.807, 2.05) is 64.1 Å². The van der Waals surface area contributed by atoms with E-state index < -0.39 is 13.4 Å². The van der Waals surface area contributed by atoms with E-state index in [1.165, 1.54) is 0 Å². The molecule has 2 rings (SSSR count). The van der Waals surface area contributed by atoms with Gasteiger partial charge in [-0.15, -0.1) is 0 Å². The Morgan fingerprint density at radius 1 is 0.857 bits per heavy atom. The van der Waals surface area contributed by atoms with E-state index in [2.05, 4.69) is 5.32 Å². The van der Waals surface area contributed by atoms with Gasteiger partial charge in [0, 0.05) is 17.3 Å². The Balaban J connectivity index is 2.59. The number of nitrogens with one attached hydrogen (secondary N) is 1. The molecule has 0 radical (unpaired) electrons. The van der Waals surface area contributed by atoms with Crippen LogP contribution in [-0.2, 0) is 13.6 Å². The smallest absolute Gasteiger partial charge is 0.357 e. The second-order valence-electron chi connectivity index (χ2n) is 6.87. The first kappa shape index (κ1) is 22.3. The Bertz CT molecular complexity index is 781. The lowest BCUT2D eigenvalue weighted by molar-refractivity contribution is 0.137. The summed E-state index contributed by atoms with van der Waals surface area (Å²) >= 11 is 0. The molecule has 1 N–H and O–H groups in total. The van der Waals surface area contributed by atoms with E-state index in [0.29, 0.717) is 17.1 Å². The second-order valence-corrected chi connectivity index (χ2v) is 8.89. The highest BCUT2D eigenvalue weighted by atomic mass is 31.2. The SMILES string of the molecule is COc1ccc(C(Nc2ccccc2)P(=O)(OC(C)C)OC(C)C)c(OC)c1. The lowest BCUT2D eigenvalue weighted by Crippen LogP contribution is -2.19. The molecule has 2 aromatic rings. The van der Waals surface area contributed by atoms with Crippen LogP contribution in [0, 0.1) is 0 Å². The fourth-order valence-electron chi connectivity index (χ4n) is 2.80. The molecule has 0 spiro atoms. The van der Waals surface area contributed by atoms with Crippen molar-refractivity contribution in [3.8, 4) is 11.5 Å². The summed E-state index contributed by atoms with van der Waals surface area (Å²) in [4.78, 5) is 0. The molecule has 1 atom stereocenters. The summed E-state index contributed by atoms with van der Waals surface area (Å²) in [5.74, 6) is 0.414. The predicted molar refractivity (Wildman–Crippen MR) is 112 cm³/mol. The lowest BCUT2D eigenvalue weighted by Gasteiger charge is -2.32. The fraction of sp³-hybridized carbons (Fsp3) is 0.429. The van der Waals surface area contributed by atoms with Gasteiger partial charge in [-0.3, -0.25) is 4.57 Å². The van der Waals surface area contributed by atoms with Crippen molar-refractivity contribution in [3.63, 3.8) is 0 Å². The predicted octanol–water partition coefficient (Wildman–Crippen LogP) is 5.86. The van der Waals surface area contributed by atoms with Crippen molar-refractivity contribution >= 4 is 13.3 Å². The zero-order valence-corrected chi connectivity index (χ0v) is 18.2. The van der Waals surface area contributed by atoms with Crippen LogP contribution in [0.2, 0.25) is 0 Å². The first-order valence-corrected chi connectivity index (χ1v) is 10.9. The fourth-order valence-corrected chi connectivity index (χ4v) is 5.13. The highest BCUT2D eigenvalue weighted by Crippen LogP contribution is 2.63. The third kappa shape index (κ3) is 5.74. The normalized spacial score (nSPS) is 12.9. The number of hydrogen-bond donors (Lipinski definition) is 1. The van der Waals surface area contributed by atoms with E-state index >= 15 is 0 Å². The van der Waals surface area contributed by atoms with Gasteiger partial charge in [0.25, 0.3) is 0 Å². The number of hydrogen-bond acceptors (Lipinski definition) is 6. The van der Waals surface area contributed by atoms with Crippen LogP contribution in [-0.4, -0.2) is 26.4 Å². The van der Waals surface area contributed by atoms with Gasteiger partial charge in [0.05, 0.1) is 26.4 Å². The maximum atomic E-state index is 14.0. The molecule has 6 nitrogen and oxygen atoms in total. The van der Waals surface area contributed by atoms with E-state index in [0.717, 1.165) is 5.69 Å². The topological polar surface area (TPSA) is 66.0 Å². The summed E-state index contributed by atoms with van der Waals surface area (Å²) in [6.45, 7) is 7.34. The van der Waals surface area contributed by atoms with Gasteiger partial charge < -0.3 is 23.8 Å². The molecule has 28 heavy (non-hydrogen) atoms. The van der Waals surface area contributed by atoms with Gasteiger partial charge in [-0.2, -0.15) is 0 Å². The number of para-hydroxylation sites is 1. The van der Waals surface area contributed by atoms with Gasteiger partial charge in [-0.05, 0) is 52.0 Å². The molecular weight excluding hydrogens is 377 g/mol. The van der Waals surface area contributed by atoms with Crippen molar-refractivity contribution in [2.75, 3.05) is 19.5 Å². The van der Waals surface area contributed by atoms with E-state index in [-0.39, 0.29) is 12.2 Å². The summed E-state index contributed by atoms with van der Waals surface area (Å²) in [7, 11) is -0.474. The van der Waals surface area contributed by atoms with Crippen molar-refractivity contribution in [2.45, 2.75) is 45.7 Å². The Hall–Kier alpha value is -2.01. The molecule has 0 heterocycles. The summed E-state index contributed by atoms with van der Waals surface area (Å²) in [5.41, 5.74) is 1.46. The van der Waals surface area contributed by atoms with Crippen LogP contribution in [0.25, 0.3) is 0 Å². The first-order valence-electron chi connectivity index (χ1n) is 9.29. The molecule has 0 fully saturated rings. The summed E-state index contributed by atoms with van der Waals surface area (Å²) < 4.78 is 36.6. The quantitative estimate of drug-likeness (QED) is 0.498. The van der Waals surface area contributed by atoms with Crippen molar-refractivity contribution in [2.24, 2.45) is 0 Å². The van der Waals surface area contributed by atoms with Crippen molar-refractivity contribution in [1.29, 1.82) is 0 Å². The number of anilines is 1. The summed E-state index contributed by atoms with van der Waals surface area (Å²) in [5, 5.41) is 3.32. The molecule has 0 saturated heterocycles. The van der Waals surface area contributed by atoms with Crippen LogP contribution in [0.3, 0.4) is 0 Å². The minimum absolute atomic E-state index is 0.283. The Labute approximate surface area is 167 Å². The van der Waals surface area contributed by atoms with Crippen LogP contribution >= 0.6 is 7.60 Å². The number of methoxy groups -OCH3 is 2. The standard InChI is InChI=1S/C21H30NO5P/c1-15(2)26-28(23,27-16(3)4)21(22-17-10-8-7-9-11-17)19-13-12-18(24-5)14-20(19)25-6/h7-16,21-22H,1-6H3. The lowest BCUT2D eigenvalue weighted by atomic mass is 10.1. The molecule has 2 aromatic carbocycles. The Morgan fingerprint density at radius 3 is 1.96 bits per heavy atom. The first-order chi connectivity index (χ1) is 13.3. The van der Waals surface area contributed by atoms with Gasteiger partial charge >= 0.3 is 7.60 Å². The van der Waals surface area contributed by atoms with Crippen LogP contribution in [0.15, 0.2) is 48.5 Å². The van der Waals surface area contributed by atoms with Crippen LogP contribution in [0.5, 0.6) is 11.5 Å². The van der Waals surface area contributed by atoms with Gasteiger partial charge in [0.15, 0.2) is 5.78 Å². The minimum atomic E-state index is -3.62. The van der Waals surface area contributed by atoms with Crippen molar-refractivity contribution < 1.29 is 23.1 Å². The zero-order chi connectivity index (χ0) is 20.7. The third-order valence-electron chi connectivity index (χ3n) is 3.84. The maximum Gasteiger partial charge on any atom is 0.357 e. The Morgan fingerprint density at radius 2 is 1.46 bits per heavy atom. The zero-order valence-electron chi connectivity index (χ0n) is 17.3. The second kappa shape index (κ2) is 9.97. The van der Waals surface area contributed by atoms with Gasteiger partial charge in [0.2, 0.25) is 0 Å². The highest BCUT2D eigenvalue weighted by Gasteiger charge is 2.41. The van der Waals surface area contributed by atoms with Gasteiger partial charge in [0.1, 0.15) is 11.5 Å². The van der Waals surface area contributed by atoms with E-state index in [9.17, 15) is 4.57 Å². The average molecular weight is 407 g/mol. The number of ether oxygens (including phenoxy) is 2. The van der Waals surface area contributed by atoms with E-state index in [1.54, 1.807) is 26.4 Å². The van der Waals surface area contributed by atoms with E-state index in [4.69, 9.17) is 18.5 Å². The minimum Gasteiger partial charge on any atom is -0.497 e. The van der Waals surface area contributed by atoms with Crippen LogP contribution in [0.4, 0.5) is 5.69 Å². The number of benzene rings is 2. The molecule has 154 valence electrons. The molecule has 0 amide bonds. The largest absolute Gasteiger partial charge is 0.497 e. The molecule has 0 saturated carbocycles. The molecular formula is C21H30NO5P. The van der Waals surface area contributed by atoms with Crippen molar-refractivity contribution in [3.05, 3.63) is 54.1 Å². The molecule has 0 aromatic heterocycles.